The maximum absolute atomic E-state index is 11.3. The number of hydrogen-bond donors (Lipinski definition) is 2. The fourth-order valence-corrected chi connectivity index (χ4v) is 1.56. The second kappa shape index (κ2) is 3.17. The van der Waals surface area contributed by atoms with Crippen molar-refractivity contribution >= 4 is 19.2 Å². The minimum atomic E-state index is -0.358. The van der Waals surface area contributed by atoms with Gasteiger partial charge in [0, 0.05) is 0 Å². The molecule has 0 aromatic carbocycles. The molecular formula is C7H13BN2O2. The number of carbonyl (C=O) groups is 2. The molecule has 12 heavy (non-hydrogen) atoms. The maximum atomic E-state index is 11.3. The Labute approximate surface area is 73.6 Å². The molecule has 1 saturated carbocycles. The highest BCUT2D eigenvalue weighted by atomic mass is 16.2. The molecule has 5 heteroatoms. The van der Waals surface area contributed by atoms with Crippen LogP contribution in [0.3, 0.4) is 0 Å². The molecule has 2 amide bonds. The summed E-state index contributed by atoms with van der Waals surface area (Å²) >= 11 is 0. The summed E-state index contributed by atoms with van der Waals surface area (Å²) in [6.07, 6.45) is 0. The molecule has 1 aliphatic carbocycles. The smallest absolute Gasteiger partial charge is 0.232 e. The Balaban J connectivity index is 2.48. The molecule has 0 spiro atoms. The van der Waals surface area contributed by atoms with E-state index in [2.05, 4.69) is 5.23 Å². The van der Waals surface area contributed by atoms with Gasteiger partial charge in [-0.3, -0.25) is 9.59 Å². The van der Waals surface area contributed by atoms with Crippen LogP contribution < -0.4 is 11.0 Å². The van der Waals surface area contributed by atoms with Crippen molar-refractivity contribution in [1.82, 2.24) is 5.23 Å². The average Bonchev–Trinajstić information content (AvgIpc) is 2.76. The van der Waals surface area contributed by atoms with Crippen molar-refractivity contribution in [1.29, 1.82) is 0 Å². The molecule has 1 aliphatic rings. The van der Waals surface area contributed by atoms with E-state index in [-0.39, 0.29) is 29.6 Å². The van der Waals surface area contributed by atoms with Crippen molar-refractivity contribution < 1.29 is 11.0 Å². The molecule has 1 fully saturated rings. The van der Waals surface area contributed by atoms with E-state index in [1.54, 1.807) is 0 Å². The van der Waals surface area contributed by atoms with Gasteiger partial charge in [-0.05, 0) is 5.92 Å². The predicted molar refractivity (Wildman–Crippen MR) is 46.5 cm³/mol. The van der Waals surface area contributed by atoms with Crippen LogP contribution in [0.25, 0.3) is 0 Å². The normalized spacial score (nSPS) is 33.2. The molecule has 0 bridgehead atoms. The lowest BCUT2D eigenvalue weighted by atomic mass is 9.99. The van der Waals surface area contributed by atoms with Gasteiger partial charge in [-0.1, -0.05) is 13.7 Å². The first-order valence-electron chi connectivity index (χ1n) is 4.62. The van der Waals surface area contributed by atoms with E-state index in [0.717, 1.165) is 0 Å². The van der Waals surface area contributed by atoms with Gasteiger partial charge in [0.2, 0.25) is 19.2 Å². The summed E-state index contributed by atoms with van der Waals surface area (Å²) in [6.45, 7) is 3.68. The van der Waals surface area contributed by atoms with Crippen molar-refractivity contribution in [2.75, 3.05) is 0 Å². The Bertz CT molecular complexity index is 237. The second-order valence-corrected chi connectivity index (χ2v) is 3.17. The zero-order chi connectivity index (χ0) is 10.0. The van der Waals surface area contributed by atoms with E-state index < -0.39 is 0 Å². The number of nitrogens with two attached hydrogens (primary N) is 1. The van der Waals surface area contributed by atoms with Crippen molar-refractivity contribution in [3.8, 4) is 0 Å². The second-order valence-electron chi connectivity index (χ2n) is 3.17. The van der Waals surface area contributed by atoms with Gasteiger partial charge in [0.25, 0.3) is 0 Å². The van der Waals surface area contributed by atoms with Gasteiger partial charge in [-0.15, -0.1) is 0 Å². The zero-order valence-electron chi connectivity index (χ0n) is 8.26. The van der Waals surface area contributed by atoms with Crippen LogP contribution in [-0.2, 0) is 9.59 Å². The lowest BCUT2D eigenvalue weighted by molar-refractivity contribution is -0.124. The van der Waals surface area contributed by atoms with Crippen molar-refractivity contribution in [3.05, 3.63) is 0 Å². The van der Waals surface area contributed by atoms with Crippen LogP contribution in [0, 0.1) is 17.8 Å². The highest BCUT2D eigenvalue weighted by Crippen LogP contribution is 2.45. The van der Waals surface area contributed by atoms with E-state index in [0.29, 0.717) is 7.41 Å². The van der Waals surface area contributed by atoms with Crippen LogP contribution >= 0.6 is 0 Å². The average molecular weight is 169 g/mol. The molecule has 0 aliphatic heterocycles. The van der Waals surface area contributed by atoms with Crippen LogP contribution in [0.2, 0.25) is 8.23 Å². The molecule has 3 atom stereocenters. The number of nitrogens with one attached hydrogen (secondary N) is 1. The van der Waals surface area contributed by atoms with E-state index in [9.17, 15) is 9.59 Å². The van der Waals surface area contributed by atoms with Gasteiger partial charge in [0.05, 0.1) is 11.8 Å². The number of amides is 2. The summed E-state index contributed by atoms with van der Waals surface area (Å²) in [7, 11) is 0.581. The molecule has 66 valence electrons. The fraction of sp³-hybridized carbons (Fsp3) is 0.714. The number of primary amides is 1. The molecule has 0 heterocycles. The standard InChI is InChI=1S/C7H13BN2O2/c1-3-4(6(9)11)5(3)7(12)10-8-2/h3-5,8H,1-2H3,(H2,9,11)(H,10,12)/t3-,4-,5+/m0/s1/i/hD. The first-order chi connectivity index (χ1) is 6.13. The predicted octanol–water partition coefficient (Wildman–Crippen LogP) is -1.13. The maximum Gasteiger partial charge on any atom is 0.232 e. The minimum Gasteiger partial charge on any atom is -0.402 e. The van der Waals surface area contributed by atoms with Crippen LogP contribution in [0.4, 0.5) is 0 Å². The molecule has 1 rings (SSSR count). The Morgan fingerprint density at radius 3 is 2.75 bits per heavy atom. The molecule has 0 aromatic rings. The summed E-state index contributed by atoms with van der Waals surface area (Å²) in [4.78, 5) is 22.3. The Morgan fingerprint density at radius 1 is 1.58 bits per heavy atom. The lowest BCUT2D eigenvalue weighted by Crippen LogP contribution is -2.29. The first-order valence-corrected chi connectivity index (χ1v) is 4.12. The van der Waals surface area contributed by atoms with E-state index >= 15 is 0 Å². The summed E-state index contributed by atoms with van der Waals surface area (Å²) in [5.41, 5.74) is 1.82. The van der Waals surface area contributed by atoms with Crippen LogP contribution in [0.5, 0.6) is 0 Å². The summed E-state index contributed by atoms with van der Waals surface area (Å²) < 4.78 is 6.67. The monoisotopic (exact) mass is 169 g/mol. The van der Waals surface area contributed by atoms with Crippen LogP contribution in [0.1, 0.15) is 6.92 Å². The largest absolute Gasteiger partial charge is 0.402 e. The summed E-state index contributed by atoms with van der Waals surface area (Å²) in [6, 6.07) is 0. The third kappa shape index (κ3) is 1.44. The SMILES string of the molecule is [2H]NC(=O)[C@H]1[C@H](C)[C@H]1C(=O)NBC. The molecule has 4 nitrogen and oxygen atoms in total. The molecule has 0 aromatic heterocycles. The highest BCUT2D eigenvalue weighted by molar-refractivity contribution is 6.35. The zero-order valence-corrected chi connectivity index (χ0v) is 7.26. The molecule has 0 unspecified atom stereocenters. The van der Waals surface area contributed by atoms with E-state index in [1.165, 1.54) is 0 Å². The topological polar surface area (TPSA) is 72.2 Å². The Hall–Kier alpha value is -0.995. The summed E-state index contributed by atoms with van der Waals surface area (Å²) in [5.74, 6) is -0.904. The van der Waals surface area contributed by atoms with E-state index in [4.69, 9.17) is 1.41 Å². The first kappa shape index (κ1) is 7.64. The fourth-order valence-electron chi connectivity index (χ4n) is 1.56. The molecule has 0 radical (unpaired) electrons. The van der Waals surface area contributed by atoms with Crippen molar-refractivity contribution in [2.24, 2.45) is 23.5 Å². The molecule has 0 saturated heterocycles. The quantitative estimate of drug-likeness (QED) is 0.524. The van der Waals surface area contributed by atoms with Gasteiger partial charge in [0.15, 0.2) is 1.41 Å². The van der Waals surface area contributed by atoms with Crippen LogP contribution in [-0.4, -0.2) is 19.2 Å². The number of hydrogen-bond acceptors (Lipinski definition) is 2. The third-order valence-corrected chi connectivity index (χ3v) is 2.34. The molecule has 3 N–H and O–H groups in total. The van der Waals surface area contributed by atoms with Crippen molar-refractivity contribution in [2.45, 2.75) is 13.7 Å². The third-order valence-electron chi connectivity index (χ3n) is 2.34. The highest BCUT2D eigenvalue weighted by Gasteiger charge is 2.54. The van der Waals surface area contributed by atoms with E-state index in [1.807, 2.05) is 19.5 Å². The number of carbonyl (C=O) groups excluding carboxylic acids is 2. The van der Waals surface area contributed by atoms with Crippen molar-refractivity contribution in [3.63, 3.8) is 0 Å². The van der Waals surface area contributed by atoms with Gasteiger partial charge in [0.1, 0.15) is 0 Å². The minimum absolute atomic E-state index is 0.0666. The van der Waals surface area contributed by atoms with Crippen LogP contribution in [0.15, 0.2) is 0 Å². The summed E-state index contributed by atoms with van der Waals surface area (Å²) in [5, 5.41) is 2.67. The molecular weight excluding hydrogens is 155 g/mol. The van der Waals surface area contributed by atoms with Gasteiger partial charge in [-0.25, -0.2) is 0 Å². The van der Waals surface area contributed by atoms with Gasteiger partial charge in [-0.2, -0.15) is 0 Å². The van der Waals surface area contributed by atoms with Gasteiger partial charge < -0.3 is 11.0 Å². The Morgan fingerprint density at radius 2 is 2.25 bits per heavy atom. The van der Waals surface area contributed by atoms with Gasteiger partial charge >= 0.3 is 0 Å². The number of rotatable bonds is 3. The Kier molecular flexibility index (Phi) is 2.02. The lowest BCUT2D eigenvalue weighted by Gasteiger charge is -1.97.